The number of ether oxygens (including phenoxy) is 1. The number of hydrogen-bond acceptors (Lipinski definition) is 4. The molecule has 1 N–H and O–H groups in total. The van der Waals surface area contributed by atoms with E-state index >= 15 is 0 Å². The minimum absolute atomic E-state index is 0.0673. The van der Waals surface area contributed by atoms with Crippen molar-refractivity contribution in [2.45, 2.75) is 19.4 Å². The third kappa shape index (κ3) is 4.73. The minimum Gasteiger partial charge on any atom is -0.492 e. The van der Waals surface area contributed by atoms with Crippen LogP contribution in [0.5, 0.6) is 5.75 Å². The van der Waals surface area contributed by atoms with E-state index in [1.165, 1.54) is 4.88 Å². The first-order valence-electron chi connectivity index (χ1n) is 7.25. The van der Waals surface area contributed by atoms with Gasteiger partial charge in [0.15, 0.2) is 0 Å². The highest BCUT2D eigenvalue weighted by Crippen LogP contribution is 2.23. The molecule has 22 heavy (non-hydrogen) atoms. The molecule has 0 bridgehead atoms. The van der Waals surface area contributed by atoms with Gasteiger partial charge in [-0.25, -0.2) is 4.79 Å². The maximum atomic E-state index is 12.1. The van der Waals surface area contributed by atoms with E-state index in [1.807, 2.05) is 43.6 Å². The van der Waals surface area contributed by atoms with Crippen molar-refractivity contribution >= 4 is 17.4 Å². The second kappa shape index (κ2) is 8.38. The van der Waals surface area contributed by atoms with Gasteiger partial charge < -0.3 is 15.0 Å². The summed E-state index contributed by atoms with van der Waals surface area (Å²) in [5, 5.41) is 4.93. The Morgan fingerprint density at radius 1 is 1.45 bits per heavy atom. The normalized spacial score (nSPS) is 11.7. The molecule has 5 nitrogen and oxygen atoms in total. The third-order valence-electron chi connectivity index (χ3n) is 3.36. The summed E-state index contributed by atoms with van der Waals surface area (Å²) in [5.74, 6) is 0.747. The van der Waals surface area contributed by atoms with Gasteiger partial charge >= 0.3 is 6.03 Å². The van der Waals surface area contributed by atoms with Gasteiger partial charge in [0.25, 0.3) is 0 Å². The Bertz CT molecular complexity index is 560. The minimum atomic E-state index is -0.0673. The van der Waals surface area contributed by atoms with Crippen molar-refractivity contribution in [1.29, 1.82) is 0 Å². The highest BCUT2D eigenvalue weighted by atomic mass is 32.1. The number of pyridine rings is 1. The zero-order chi connectivity index (χ0) is 15.8. The second-order valence-corrected chi connectivity index (χ2v) is 5.90. The summed E-state index contributed by atoms with van der Waals surface area (Å²) < 4.78 is 5.53. The largest absolute Gasteiger partial charge is 0.492 e. The number of nitrogens with zero attached hydrogens (tertiary/aromatic N) is 2. The average molecular weight is 319 g/mol. The van der Waals surface area contributed by atoms with Crippen LogP contribution < -0.4 is 10.1 Å². The highest BCUT2D eigenvalue weighted by molar-refractivity contribution is 7.10. The molecule has 0 fully saturated rings. The van der Waals surface area contributed by atoms with Crippen LogP contribution in [0.2, 0.25) is 0 Å². The van der Waals surface area contributed by atoms with Gasteiger partial charge in [-0.15, -0.1) is 11.3 Å². The van der Waals surface area contributed by atoms with Crippen LogP contribution in [0, 0.1) is 0 Å². The molecule has 1 atom stereocenters. The number of hydrogen-bond donors (Lipinski definition) is 1. The van der Waals surface area contributed by atoms with Crippen molar-refractivity contribution in [2.75, 3.05) is 20.2 Å². The summed E-state index contributed by atoms with van der Waals surface area (Å²) in [6.07, 6.45) is 4.13. The number of rotatable bonds is 7. The number of nitrogens with one attached hydrogen (secondary N) is 1. The highest BCUT2D eigenvalue weighted by Gasteiger charge is 2.17. The van der Waals surface area contributed by atoms with Crippen LogP contribution in [0.15, 0.2) is 42.0 Å². The number of aromatic nitrogens is 1. The maximum absolute atomic E-state index is 12.1. The van der Waals surface area contributed by atoms with Gasteiger partial charge in [-0.1, -0.05) is 6.07 Å². The molecular formula is C16H21N3O2S. The van der Waals surface area contributed by atoms with Crippen LogP contribution in [-0.4, -0.2) is 36.1 Å². The van der Waals surface area contributed by atoms with Crippen molar-refractivity contribution in [3.05, 3.63) is 46.9 Å². The van der Waals surface area contributed by atoms with Crippen molar-refractivity contribution < 1.29 is 9.53 Å². The van der Waals surface area contributed by atoms with Crippen LogP contribution in [0.25, 0.3) is 0 Å². The topological polar surface area (TPSA) is 54.5 Å². The number of amides is 2. The summed E-state index contributed by atoms with van der Waals surface area (Å²) in [6.45, 7) is 3.16. The third-order valence-corrected chi connectivity index (χ3v) is 4.40. The van der Waals surface area contributed by atoms with Crippen molar-refractivity contribution in [1.82, 2.24) is 15.2 Å². The summed E-state index contributed by atoms with van der Waals surface area (Å²) >= 11 is 1.66. The Labute approximate surface area is 134 Å². The molecular weight excluding hydrogens is 298 g/mol. The van der Waals surface area contributed by atoms with E-state index in [9.17, 15) is 4.79 Å². The molecule has 2 aromatic rings. The van der Waals surface area contributed by atoms with E-state index in [4.69, 9.17) is 4.74 Å². The molecule has 0 spiro atoms. The Kier molecular flexibility index (Phi) is 6.21. The summed E-state index contributed by atoms with van der Waals surface area (Å²) in [5.41, 5.74) is 0. The lowest BCUT2D eigenvalue weighted by molar-refractivity contribution is 0.194. The number of carbonyl (C=O) groups is 1. The zero-order valence-corrected chi connectivity index (χ0v) is 13.7. The molecule has 0 aromatic carbocycles. The van der Waals surface area contributed by atoms with E-state index < -0.39 is 0 Å². The quantitative estimate of drug-likeness (QED) is 0.797. The predicted molar refractivity (Wildman–Crippen MR) is 88.2 cm³/mol. The molecule has 6 heteroatoms. The van der Waals surface area contributed by atoms with Crippen LogP contribution >= 0.6 is 11.3 Å². The lowest BCUT2D eigenvalue weighted by Gasteiger charge is -2.24. The molecule has 0 aliphatic heterocycles. The Morgan fingerprint density at radius 2 is 2.32 bits per heavy atom. The van der Waals surface area contributed by atoms with E-state index in [0.29, 0.717) is 13.2 Å². The summed E-state index contributed by atoms with van der Waals surface area (Å²) in [6, 6.07) is 7.74. The standard InChI is InChI=1S/C16H21N3O2S/c1-13(15-7-4-11-22-15)19(2)16(20)18-9-5-10-21-14-6-3-8-17-12-14/h3-4,6-8,11-13H,5,9-10H2,1-2H3,(H,18,20)/t13-/m1/s1. The molecule has 118 valence electrons. The first-order chi connectivity index (χ1) is 10.7. The number of carbonyl (C=O) groups excluding carboxylic acids is 1. The van der Waals surface area contributed by atoms with Crippen LogP contribution in [0.1, 0.15) is 24.3 Å². The number of urea groups is 1. The van der Waals surface area contributed by atoms with Crippen LogP contribution in [-0.2, 0) is 0 Å². The van der Waals surface area contributed by atoms with Crippen molar-refractivity contribution in [3.63, 3.8) is 0 Å². The van der Waals surface area contributed by atoms with Crippen molar-refractivity contribution in [3.8, 4) is 5.75 Å². The van der Waals surface area contributed by atoms with E-state index in [-0.39, 0.29) is 12.1 Å². The Morgan fingerprint density at radius 3 is 3.00 bits per heavy atom. The molecule has 0 aliphatic rings. The molecule has 2 aromatic heterocycles. The van der Waals surface area contributed by atoms with E-state index in [1.54, 1.807) is 28.6 Å². The molecule has 0 radical (unpaired) electrons. The predicted octanol–water partition coefficient (Wildman–Crippen LogP) is 3.31. The van der Waals surface area contributed by atoms with Gasteiger partial charge in [-0.05, 0) is 36.9 Å². The first-order valence-corrected chi connectivity index (χ1v) is 8.13. The molecule has 0 saturated heterocycles. The number of thiophene rings is 1. The lowest BCUT2D eigenvalue weighted by atomic mass is 10.2. The van der Waals surface area contributed by atoms with Gasteiger partial charge in [-0.2, -0.15) is 0 Å². The molecule has 2 rings (SSSR count). The van der Waals surface area contributed by atoms with Gasteiger partial charge in [0.1, 0.15) is 5.75 Å². The fourth-order valence-corrected chi connectivity index (χ4v) is 2.74. The van der Waals surface area contributed by atoms with Gasteiger partial charge in [0, 0.05) is 24.7 Å². The van der Waals surface area contributed by atoms with Gasteiger partial charge in [0.05, 0.1) is 18.8 Å². The van der Waals surface area contributed by atoms with E-state index in [0.717, 1.165) is 12.2 Å². The maximum Gasteiger partial charge on any atom is 0.317 e. The summed E-state index contributed by atoms with van der Waals surface area (Å²) in [4.78, 5) is 19.0. The Hall–Kier alpha value is -2.08. The Balaban J connectivity index is 1.65. The molecule has 2 amide bonds. The van der Waals surface area contributed by atoms with E-state index in [2.05, 4.69) is 10.3 Å². The molecule has 2 heterocycles. The van der Waals surface area contributed by atoms with Crippen LogP contribution in [0.3, 0.4) is 0 Å². The first kappa shape index (κ1) is 16.3. The fraction of sp³-hybridized carbons (Fsp3) is 0.375. The molecule has 0 aliphatic carbocycles. The van der Waals surface area contributed by atoms with Crippen LogP contribution in [0.4, 0.5) is 4.79 Å². The summed E-state index contributed by atoms with van der Waals surface area (Å²) in [7, 11) is 1.81. The smallest absolute Gasteiger partial charge is 0.317 e. The van der Waals surface area contributed by atoms with Crippen molar-refractivity contribution in [2.24, 2.45) is 0 Å². The average Bonchev–Trinajstić information content (AvgIpc) is 3.08. The van der Waals surface area contributed by atoms with Gasteiger partial charge in [-0.3, -0.25) is 4.98 Å². The fourth-order valence-electron chi connectivity index (χ4n) is 1.91. The SMILES string of the molecule is C[C@H](c1cccs1)N(C)C(=O)NCCCOc1cccnc1. The lowest BCUT2D eigenvalue weighted by Crippen LogP contribution is -2.39. The molecule has 0 saturated carbocycles. The van der Waals surface area contributed by atoms with Gasteiger partial charge in [0.2, 0.25) is 0 Å². The zero-order valence-electron chi connectivity index (χ0n) is 12.9. The second-order valence-electron chi connectivity index (χ2n) is 4.92. The monoisotopic (exact) mass is 319 g/mol. The molecule has 0 unspecified atom stereocenters.